The number of hydrogen-bond acceptors (Lipinski definition) is 4. The van der Waals surface area contributed by atoms with Gasteiger partial charge in [0.05, 0.1) is 11.4 Å². The fourth-order valence-corrected chi connectivity index (χ4v) is 3.24. The molecule has 1 saturated heterocycles. The van der Waals surface area contributed by atoms with Crippen molar-refractivity contribution in [1.82, 2.24) is 10.2 Å². The van der Waals surface area contributed by atoms with Crippen LogP contribution in [0.15, 0.2) is 12.1 Å². The van der Waals surface area contributed by atoms with E-state index in [-0.39, 0.29) is 18.2 Å². The van der Waals surface area contributed by atoms with Crippen LogP contribution in [-0.2, 0) is 4.79 Å². The van der Waals surface area contributed by atoms with E-state index in [1.165, 1.54) is 11.3 Å². The SMILES string of the molecule is Cc1ccc(C(=O)CN2C(=O)N[C@@](C)(CCC(C)C)C2=O)s1. The van der Waals surface area contributed by atoms with Crippen molar-refractivity contribution in [2.75, 3.05) is 6.54 Å². The van der Waals surface area contributed by atoms with Crippen molar-refractivity contribution in [3.8, 4) is 0 Å². The number of nitrogens with zero attached hydrogens (tertiary/aromatic N) is 1. The molecule has 0 aromatic carbocycles. The van der Waals surface area contributed by atoms with Crippen LogP contribution in [-0.4, -0.2) is 34.7 Å². The maximum atomic E-state index is 12.5. The number of urea groups is 1. The number of rotatable bonds is 6. The molecule has 1 fully saturated rings. The zero-order valence-corrected chi connectivity index (χ0v) is 14.3. The summed E-state index contributed by atoms with van der Waals surface area (Å²) in [5.41, 5.74) is -0.896. The van der Waals surface area contributed by atoms with Gasteiger partial charge in [-0.15, -0.1) is 11.3 Å². The van der Waals surface area contributed by atoms with Gasteiger partial charge < -0.3 is 5.32 Å². The third-order valence-corrected chi connectivity index (χ3v) is 4.93. The molecule has 0 aliphatic carbocycles. The van der Waals surface area contributed by atoms with E-state index in [1.807, 2.05) is 13.0 Å². The van der Waals surface area contributed by atoms with Crippen LogP contribution < -0.4 is 5.32 Å². The smallest absolute Gasteiger partial charge is 0.323 e. The standard InChI is InChI=1S/C16H22N2O3S/c1-10(2)7-8-16(4)14(20)18(15(21)17-16)9-12(19)13-6-5-11(3)22-13/h5-6,10H,7-9H2,1-4H3,(H,17,21)/t16-/m0/s1. The van der Waals surface area contributed by atoms with Gasteiger partial charge >= 0.3 is 6.03 Å². The van der Waals surface area contributed by atoms with Crippen LogP contribution in [0.25, 0.3) is 0 Å². The molecule has 6 heteroatoms. The molecule has 0 saturated carbocycles. The third kappa shape index (κ3) is 3.38. The minimum Gasteiger partial charge on any atom is -0.323 e. The molecule has 0 unspecified atom stereocenters. The first-order chi connectivity index (χ1) is 10.2. The van der Waals surface area contributed by atoms with Gasteiger partial charge in [-0.05, 0) is 44.7 Å². The van der Waals surface area contributed by atoms with Crippen LogP contribution in [0.2, 0.25) is 0 Å². The summed E-state index contributed by atoms with van der Waals surface area (Å²) in [6.45, 7) is 7.60. The molecule has 5 nitrogen and oxygen atoms in total. The Labute approximate surface area is 134 Å². The Balaban J connectivity index is 2.07. The average molecular weight is 322 g/mol. The highest BCUT2D eigenvalue weighted by Crippen LogP contribution is 2.25. The minimum absolute atomic E-state index is 0.193. The lowest BCUT2D eigenvalue weighted by Crippen LogP contribution is -2.44. The molecular formula is C16H22N2O3S. The third-order valence-electron chi connectivity index (χ3n) is 3.88. The summed E-state index contributed by atoms with van der Waals surface area (Å²) in [6.07, 6.45) is 1.42. The molecule has 1 N–H and O–H groups in total. The van der Waals surface area contributed by atoms with Crippen molar-refractivity contribution in [3.05, 3.63) is 21.9 Å². The van der Waals surface area contributed by atoms with Gasteiger partial charge in [-0.1, -0.05) is 13.8 Å². The van der Waals surface area contributed by atoms with Crippen LogP contribution in [0.5, 0.6) is 0 Å². The zero-order chi connectivity index (χ0) is 16.5. The van der Waals surface area contributed by atoms with Crippen LogP contribution >= 0.6 is 11.3 Å². The van der Waals surface area contributed by atoms with Crippen molar-refractivity contribution < 1.29 is 14.4 Å². The Kier molecular flexibility index (Phi) is 4.70. The second kappa shape index (κ2) is 6.20. The first-order valence-corrected chi connectivity index (χ1v) is 8.28. The van der Waals surface area contributed by atoms with Gasteiger partial charge in [0, 0.05) is 4.88 Å². The monoisotopic (exact) mass is 322 g/mol. The molecule has 22 heavy (non-hydrogen) atoms. The van der Waals surface area contributed by atoms with Gasteiger partial charge in [0.25, 0.3) is 5.91 Å². The predicted octanol–water partition coefficient (Wildman–Crippen LogP) is 2.99. The summed E-state index contributed by atoms with van der Waals surface area (Å²) in [4.78, 5) is 39.4. The number of hydrogen-bond donors (Lipinski definition) is 1. The minimum atomic E-state index is -0.896. The normalized spacial score (nSPS) is 21.6. The number of imide groups is 1. The summed E-state index contributed by atoms with van der Waals surface area (Å²) in [5.74, 6) is -0.0548. The molecule has 1 aromatic heterocycles. The zero-order valence-electron chi connectivity index (χ0n) is 13.4. The highest BCUT2D eigenvalue weighted by Gasteiger charge is 2.47. The number of thiophene rings is 1. The van der Waals surface area contributed by atoms with Gasteiger partial charge in [0.15, 0.2) is 5.78 Å². The Morgan fingerprint density at radius 2 is 2.05 bits per heavy atom. The highest BCUT2D eigenvalue weighted by atomic mass is 32.1. The van der Waals surface area contributed by atoms with E-state index in [0.717, 1.165) is 16.2 Å². The maximum Gasteiger partial charge on any atom is 0.325 e. The largest absolute Gasteiger partial charge is 0.325 e. The van der Waals surface area contributed by atoms with Gasteiger partial charge in [-0.3, -0.25) is 14.5 Å². The van der Waals surface area contributed by atoms with Gasteiger partial charge in [0.2, 0.25) is 0 Å². The van der Waals surface area contributed by atoms with Crippen molar-refractivity contribution in [1.29, 1.82) is 0 Å². The second-order valence-electron chi connectivity index (χ2n) is 6.42. The Morgan fingerprint density at radius 1 is 1.36 bits per heavy atom. The molecule has 1 aliphatic heterocycles. The van der Waals surface area contributed by atoms with Crippen LogP contribution in [0.4, 0.5) is 4.79 Å². The number of Topliss-reactive ketones (excluding diaryl/α,β-unsaturated/α-hetero) is 1. The van der Waals surface area contributed by atoms with E-state index < -0.39 is 11.6 Å². The number of amides is 3. The molecule has 2 rings (SSSR count). The highest BCUT2D eigenvalue weighted by molar-refractivity contribution is 7.14. The molecule has 0 spiro atoms. The molecule has 1 aliphatic rings. The Morgan fingerprint density at radius 3 is 2.59 bits per heavy atom. The van der Waals surface area contributed by atoms with Gasteiger partial charge in [-0.2, -0.15) is 0 Å². The predicted molar refractivity (Wildman–Crippen MR) is 86.1 cm³/mol. The van der Waals surface area contributed by atoms with E-state index in [9.17, 15) is 14.4 Å². The summed E-state index contributed by atoms with van der Waals surface area (Å²) in [5, 5.41) is 2.74. The van der Waals surface area contributed by atoms with Crippen molar-refractivity contribution in [2.24, 2.45) is 5.92 Å². The van der Waals surface area contributed by atoms with Gasteiger partial charge in [0.1, 0.15) is 5.54 Å². The summed E-state index contributed by atoms with van der Waals surface area (Å²) >= 11 is 1.38. The lowest BCUT2D eigenvalue weighted by Gasteiger charge is -2.22. The van der Waals surface area contributed by atoms with Crippen LogP contribution in [0.1, 0.15) is 48.2 Å². The first-order valence-electron chi connectivity index (χ1n) is 7.46. The number of ketones is 1. The summed E-state index contributed by atoms with van der Waals surface area (Å²) in [7, 11) is 0. The first kappa shape index (κ1) is 16.7. The number of aryl methyl sites for hydroxylation is 1. The Bertz CT molecular complexity index is 608. The van der Waals surface area contributed by atoms with Crippen LogP contribution in [0.3, 0.4) is 0 Å². The topological polar surface area (TPSA) is 66.5 Å². The number of carbonyl (C=O) groups excluding carboxylic acids is 3. The summed E-state index contributed by atoms with van der Waals surface area (Å²) in [6, 6.07) is 3.12. The maximum absolute atomic E-state index is 12.5. The molecule has 3 amide bonds. The molecule has 0 radical (unpaired) electrons. The van der Waals surface area contributed by atoms with E-state index >= 15 is 0 Å². The fraction of sp³-hybridized carbons (Fsp3) is 0.562. The molecular weight excluding hydrogens is 300 g/mol. The molecule has 1 aromatic rings. The van der Waals surface area contributed by atoms with Crippen molar-refractivity contribution in [3.63, 3.8) is 0 Å². The fourth-order valence-electron chi connectivity index (χ4n) is 2.44. The van der Waals surface area contributed by atoms with E-state index in [4.69, 9.17) is 0 Å². The van der Waals surface area contributed by atoms with Gasteiger partial charge in [-0.25, -0.2) is 4.79 Å². The van der Waals surface area contributed by atoms with Crippen LogP contribution in [0, 0.1) is 12.8 Å². The Hall–Kier alpha value is -1.69. The number of carbonyl (C=O) groups is 3. The number of nitrogens with one attached hydrogen (secondary N) is 1. The quantitative estimate of drug-likeness (QED) is 0.647. The molecule has 2 heterocycles. The van der Waals surface area contributed by atoms with Crippen molar-refractivity contribution >= 4 is 29.1 Å². The van der Waals surface area contributed by atoms with E-state index in [1.54, 1.807) is 13.0 Å². The average Bonchev–Trinajstić information content (AvgIpc) is 2.95. The second-order valence-corrected chi connectivity index (χ2v) is 7.71. The molecule has 120 valence electrons. The lowest BCUT2D eigenvalue weighted by molar-refractivity contribution is -0.130. The lowest BCUT2D eigenvalue weighted by atomic mass is 9.92. The van der Waals surface area contributed by atoms with E-state index in [2.05, 4.69) is 19.2 Å². The summed E-state index contributed by atoms with van der Waals surface area (Å²) < 4.78 is 0. The molecule has 1 atom stereocenters. The van der Waals surface area contributed by atoms with E-state index in [0.29, 0.717) is 17.2 Å². The van der Waals surface area contributed by atoms with Crippen molar-refractivity contribution in [2.45, 2.75) is 46.1 Å². The molecule has 0 bridgehead atoms.